The molecule has 1 aliphatic heterocycles. The number of ether oxygens (including phenoxy) is 3. The van der Waals surface area contributed by atoms with Gasteiger partial charge in [0.15, 0.2) is 17.2 Å². The summed E-state index contributed by atoms with van der Waals surface area (Å²) in [4.78, 5) is 11.5. The topological polar surface area (TPSA) is 97.9 Å². The number of hydrogen-bond donors (Lipinski definition) is 1. The fraction of sp³-hybridized carbons (Fsp3) is 0.458. The number of hydrazine groups is 1. The van der Waals surface area contributed by atoms with Crippen molar-refractivity contribution >= 4 is 28.7 Å². The van der Waals surface area contributed by atoms with E-state index in [-0.39, 0.29) is 11.7 Å². The minimum absolute atomic E-state index is 0.154. The third-order valence-electron chi connectivity index (χ3n) is 4.67. The number of nitrogens with zero attached hydrogens (tertiary/aromatic N) is 3. The second-order valence-electron chi connectivity index (χ2n) is 7.03. The lowest BCUT2D eigenvalue weighted by Crippen LogP contribution is -2.48. The summed E-state index contributed by atoms with van der Waals surface area (Å²) in [5.74, 6) is 5.59. The molecule has 0 aromatic carbocycles. The molecule has 10 heteroatoms. The smallest absolute Gasteiger partial charge is 0.305 e. The molecular weight excluding hydrogens is 456 g/mol. The number of esters is 1. The molecule has 0 saturated carbocycles. The molecule has 9 nitrogen and oxygen atoms in total. The van der Waals surface area contributed by atoms with Gasteiger partial charge in [0.1, 0.15) is 11.5 Å². The molecule has 1 aliphatic rings. The van der Waals surface area contributed by atoms with Crippen molar-refractivity contribution in [2.24, 2.45) is 10.2 Å². The van der Waals surface area contributed by atoms with Crippen LogP contribution in [0.2, 0.25) is 0 Å². The standard InChI is InChI=1S/C24H32N4O5S/c1-7-18(30-5)22(19(8-2)31-6)28-23(20-15-14-17(4)33-20)25-26-24(27-28)34-16-12-10-11-13-21(29)32-9-3/h1,8,14-15H,9-13,16H2,2-6H3,(H,26,27)/b19-8+,22-18-. The van der Waals surface area contributed by atoms with Crippen molar-refractivity contribution < 1.29 is 23.4 Å². The molecule has 0 radical (unpaired) electrons. The number of terminal acetylenes is 1. The Morgan fingerprint density at radius 1 is 1.26 bits per heavy atom. The number of furan rings is 1. The maximum atomic E-state index is 11.5. The van der Waals surface area contributed by atoms with Crippen molar-refractivity contribution in [3.63, 3.8) is 0 Å². The third-order valence-corrected chi connectivity index (χ3v) is 5.61. The van der Waals surface area contributed by atoms with Crippen LogP contribution in [0.1, 0.15) is 51.1 Å². The quantitative estimate of drug-likeness (QED) is 0.153. The van der Waals surface area contributed by atoms with E-state index in [0.717, 1.165) is 30.8 Å². The first-order chi connectivity index (χ1) is 16.5. The van der Waals surface area contributed by atoms with Gasteiger partial charge in [0.25, 0.3) is 0 Å². The van der Waals surface area contributed by atoms with E-state index < -0.39 is 0 Å². The Morgan fingerprint density at radius 3 is 2.65 bits per heavy atom. The first kappa shape index (κ1) is 26.9. The van der Waals surface area contributed by atoms with E-state index >= 15 is 0 Å². The number of methoxy groups -OCH3 is 2. The summed E-state index contributed by atoms with van der Waals surface area (Å²) in [7, 11) is 3.05. The molecule has 1 aromatic heterocycles. The minimum atomic E-state index is -0.154. The molecule has 2 rings (SSSR count). The molecule has 0 amide bonds. The van der Waals surface area contributed by atoms with Crippen LogP contribution in [-0.2, 0) is 19.0 Å². The zero-order chi connectivity index (χ0) is 24.9. The summed E-state index contributed by atoms with van der Waals surface area (Å²) in [6, 6.07) is 3.65. The van der Waals surface area contributed by atoms with Crippen LogP contribution in [0.4, 0.5) is 0 Å². The molecule has 34 heavy (non-hydrogen) atoms. The number of thioether (sulfide) groups is 1. The van der Waals surface area contributed by atoms with Crippen LogP contribution in [0.15, 0.2) is 50.0 Å². The monoisotopic (exact) mass is 488 g/mol. The highest BCUT2D eigenvalue weighted by molar-refractivity contribution is 8.13. The lowest BCUT2D eigenvalue weighted by molar-refractivity contribution is -0.143. The summed E-state index contributed by atoms with van der Waals surface area (Å²) < 4.78 is 21.8. The molecule has 2 heterocycles. The number of hydrogen-bond acceptors (Lipinski definition) is 10. The predicted octanol–water partition coefficient (Wildman–Crippen LogP) is 4.32. The van der Waals surface area contributed by atoms with Gasteiger partial charge in [-0.25, -0.2) is 5.01 Å². The molecule has 0 fully saturated rings. The van der Waals surface area contributed by atoms with Gasteiger partial charge in [0, 0.05) is 12.2 Å². The highest BCUT2D eigenvalue weighted by atomic mass is 32.2. The number of unbranched alkanes of at least 4 members (excludes halogenated alkanes) is 2. The van der Waals surface area contributed by atoms with E-state index in [2.05, 4.69) is 21.5 Å². The Kier molecular flexibility index (Phi) is 11.1. The predicted molar refractivity (Wildman–Crippen MR) is 134 cm³/mol. The van der Waals surface area contributed by atoms with E-state index in [4.69, 9.17) is 25.1 Å². The molecule has 0 bridgehead atoms. The molecular formula is C24H32N4O5S. The average molecular weight is 489 g/mol. The second-order valence-corrected chi connectivity index (χ2v) is 8.12. The summed E-state index contributed by atoms with van der Waals surface area (Å²) >= 11 is 1.51. The van der Waals surface area contributed by atoms with E-state index in [1.165, 1.54) is 18.9 Å². The Morgan fingerprint density at radius 2 is 2.06 bits per heavy atom. The first-order valence-corrected chi connectivity index (χ1v) is 12.0. The lowest BCUT2D eigenvalue weighted by atomic mass is 10.2. The minimum Gasteiger partial charge on any atom is -0.495 e. The fourth-order valence-electron chi connectivity index (χ4n) is 3.09. The normalized spacial score (nSPS) is 14.4. The van der Waals surface area contributed by atoms with E-state index in [0.29, 0.717) is 41.2 Å². The van der Waals surface area contributed by atoms with Crippen molar-refractivity contribution in [1.29, 1.82) is 0 Å². The Bertz CT molecular complexity index is 1000. The van der Waals surface area contributed by atoms with Crippen LogP contribution in [0.25, 0.3) is 0 Å². The average Bonchev–Trinajstić information content (AvgIpc) is 3.27. The van der Waals surface area contributed by atoms with Gasteiger partial charge in [-0.2, -0.15) is 0 Å². The van der Waals surface area contributed by atoms with Crippen molar-refractivity contribution in [2.75, 3.05) is 26.6 Å². The highest BCUT2D eigenvalue weighted by Crippen LogP contribution is 2.26. The van der Waals surface area contributed by atoms with Crippen LogP contribution in [-0.4, -0.2) is 48.6 Å². The summed E-state index contributed by atoms with van der Waals surface area (Å²) in [6.07, 6.45) is 10.5. The Labute approximate surface area is 205 Å². The van der Waals surface area contributed by atoms with E-state index in [9.17, 15) is 4.79 Å². The number of nitrogens with one attached hydrogen (secondary N) is 1. The van der Waals surface area contributed by atoms with Crippen molar-refractivity contribution in [3.05, 3.63) is 46.9 Å². The van der Waals surface area contributed by atoms with E-state index in [1.54, 1.807) is 18.2 Å². The molecule has 0 saturated heterocycles. The number of allylic oxidation sites excluding steroid dienone is 2. The zero-order valence-corrected chi connectivity index (χ0v) is 21.2. The molecule has 0 unspecified atom stereocenters. The fourth-order valence-corrected chi connectivity index (χ4v) is 3.89. The van der Waals surface area contributed by atoms with Crippen LogP contribution >= 0.6 is 11.8 Å². The van der Waals surface area contributed by atoms with Crippen molar-refractivity contribution in [2.45, 2.75) is 46.5 Å². The van der Waals surface area contributed by atoms with Gasteiger partial charge in [-0.05, 0) is 57.7 Å². The number of aryl methyl sites for hydroxylation is 1. The number of rotatable bonds is 12. The van der Waals surface area contributed by atoms with Gasteiger partial charge < -0.3 is 18.6 Å². The largest absolute Gasteiger partial charge is 0.495 e. The van der Waals surface area contributed by atoms with Crippen LogP contribution < -0.4 is 5.43 Å². The molecule has 184 valence electrons. The van der Waals surface area contributed by atoms with E-state index in [1.807, 2.05) is 32.9 Å². The van der Waals surface area contributed by atoms with Gasteiger partial charge in [0.05, 0.1) is 20.8 Å². The SMILES string of the molecule is C#C/C(OC)=C(\C(=C/C)OC)N1NC(SCCCCCC(=O)OCC)=NN=C1c1ccc(C)o1. The van der Waals surface area contributed by atoms with Gasteiger partial charge in [-0.3, -0.25) is 10.2 Å². The zero-order valence-electron chi connectivity index (χ0n) is 20.3. The van der Waals surface area contributed by atoms with Crippen LogP contribution in [0.5, 0.6) is 0 Å². The molecule has 1 aromatic rings. The molecule has 0 spiro atoms. The Hall–Kier alpha value is -3.32. The van der Waals surface area contributed by atoms with Gasteiger partial charge in [-0.15, -0.1) is 16.6 Å². The number of carbonyl (C=O) groups is 1. The molecule has 1 N–H and O–H groups in total. The summed E-state index contributed by atoms with van der Waals surface area (Å²) in [5.41, 5.74) is 3.73. The van der Waals surface area contributed by atoms with Gasteiger partial charge in [-0.1, -0.05) is 18.2 Å². The number of carbonyl (C=O) groups excluding carboxylic acids is 1. The van der Waals surface area contributed by atoms with Gasteiger partial charge in [0.2, 0.25) is 11.0 Å². The molecule has 0 atom stereocenters. The van der Waals surface area contributed by atoms with Crippen LogP contribution in [0, 0.1) is 19.3 Å². The Balaban J connectivity index is 2.21. The third kappa shape index (κ3) is 7.35. The van der Waals surface area contributed by atoms with Gasteiger partial charge >= 0.3 is 5.97 Å². The first-order valence-electron chi connectivity index (χ1n) is 11.0. The highest BCUT2D eigenvalue weighted by Gasteiger charge is 2.31. The second kappa shape index (κ2) is 14.1. The summed E-state index contributed by atoms with van der Waals surface area (Å²) in [6.45, 7) is 5.90. The lowest BCUT2D eigenvalue weighted by Gasteiger charge is -2.31. The molecule has 0 aliphatic carbocycles. The van der Waals surface area contributed by atoms with Crippen LogP contribution in [0.3, 0.4) is 0 Å². The summed E-state index contributed by atoms with van der Waals surface area (Å²) in [5, 5.41) is 11.0. The maximum Gasteiger partial charge on any atom is 0.305 e. The van der Waals surface area contributed by atoms with Crippen molar-refractivity contribution in [3.8, 4) is 12.3 Å². The maximum absolute atomic E-state index is 11.5. The van der Waals surface area contributed by atoms with Crippen molar-refractivity contribution in [1.82, 2.24) is 10.4 Å². The number of amidine groups is 2.